The molecular formula is C60H71F3N12O26. The monoisotopic (exact) mass is 1430 g/mol. The maximum atomic E-state index is 13.1. The van der Waals surface area contributed by atoms with Crippen molar-refractivity contribution in [2.75, 3.05) is 76.6 Å². The number of ether oxygens (including phenoxy) is 8. The van der Waals surface area contributed by atoms with E-state index in [9.17, 15) is 91.1 Å². The quantitative estimate of drug-likeness (QED) is 0.00941. The fraction of sp³-hybridized carbons (Fsp3) is 0.350. The molecule has 548 valence electrons. The van der Waals surface area contributed by atoms with Crippen molar-refractivity contribution in [1.29, 1.82) is 10.8 Å². The molecule has 0 aliphatic carbocycles. The summed E-state index contributed by atoms with van der Waals surface area (Å²) in [5.41, 5.74) is 12.7. The van der Waals surface area contributed by atoms with E-state index in [0.717, 1.165) is 0 Å². The number of hydrogen-bond donors (Lipinski definition) is 17. The Morgan fingerprint density at radius 3 is 0.950 bits per heavy atom. The standard InChI is InChI=1S/C58H70N12O24.C2HF3O2/c59-55(60)65-37-9-5-35(6-10-37)53(83)93-39-13-1-33(2-14-39)31-91-57(85)69-43(29-47(75)76)51(81)67-41(27-45(71)72)49(79)63-17-19-87-21-23-89-25-26-90-24-22-88-20-18-64-50(80)42(28-46(73)74)68-52(82)44(30-48(77)78)70-58(86)92-32-34-3-15-40(16-4-34)94-54(84)36-7-11-38(12-8-36)66-56(61)62;3-2(4,5)1(6)7/h1-16,41-44H,17-32H2,(H,63,79)(H,64,80)(H,67,81)(H,68,82)(H,69,85)(H,70,86)(H,71,72)(H,73,74)(H,75,76)(H,77,78)(H4,59,60,65)(H4,61,62,66);(H,6,7)/t41-,42-,43-,44-;/m0./s1. The van der Waals surface area contributed by atoms with Crippen LogP contribution in [-0.4, -0.2) is 211 Å². The van der Waals surface area contributed by atoms with E-state index < -0.39 is 134 Å². The van der Waals surface area contributed by atoms with Crippen molar-refractivity contribution in [2.24, 2.45) is 11.5 Å². The third kappa shape index (κ3) is 35.5. The van der Waals surface area contributed by atoms with Crippen molar-refractivity contribution in [3.63, 3.8) is 0 Å². The van der Waals surface area contributed by atoms with E-state index in [1.165, 1.54) is 97.1 Å². The number of alkyl carbamates (subject to hydrolysis) is 2. The highest BCUT2D eigenvalue weighted by Crippen LogP contribution is 2.19. The van der Waals surface area contributed by atoms with Gasteiger partial charge < -0.3 is 117 Å². The second-order valence-corrected chi connectivity index (χ2v) is 20.2. The lowest BCUT2D eigenvalue weighted by atomic mass is 10.1. The van der Waals surface area contributed by atoms with E-state index in [-0.39, 0.29) is 114 Å². The first-order chi connectivity index (χ1) is 47.8. The Morgan fingerprint density at radius 2 is 0.683 bits per heavy atom. The van der Waals surface area contributed by atoms with E-state index in [0.29, 0.717) is 22.5 Å². The Morgan fingerprint density at radius 1 is 0.406 bits per heavy atom. The summed E-state index contributed by atoms with van der Waals surface area (Å²) in [5.74, 6) is -14.8. The van der Waals surface area contributed by atoms with E-state index in [1.54, 1.807) is 0 Å². The number of carboxylic acids is 5. The van der Waals surface area contributed by atoms with Gasteiger partial charge in [0.2, 0.25) is 23.6 Å². The molecule has 4 aromatic rings. The third-order valence-corrected chi connectivity index (χ3v) is 12.3. The SMILES string of the molecule is N=C(N)Nc1ccc(C(=O)Oc2ccc(COC(=O)N[C@@H](CC(=O)O)C(=O)N[C@@H](CC(=O)O)C(=O)NCCOCCOCCOCCOCCNC(=O)[C@H](CC(=O)O)NC(=O)[C@H](CC(=O)O)NC(=O)OCc3ccc(OC(=O)c4ccc(NC(=N)N)cc4)cc3)cc2)cc1.O=C(O)C(F)(F)F. The van der Waals surface area contributed by atoms with Crippen molar-refractivity contribution in [3.8, 4) is 11.5 Å². The van der Waals surface area contributed by atoms with E-state index in [4.69, 9.17) is 70.1 Å². The summed E-state index contributed by atoms with van der Waals surface area (Å²) in [6, 6.07) is 16.4. The molecule has 0 bridgehead atoms. The Bertz CT molecular complexity index is 3280. The predicted octanol–water partition coefficient (Wildman–Crippen LogP) is 0.426. The molecule has 6 amide bonds. The first-order valence-corrected chi connectivity index (χ1v) is 29.3. The average molecular weight is 1430 g/mol. The largest absolute Gasteiger partial charge is 0.490 e. The number of nitrogens with two attached hydrogens (primary N) is 2. The summed E-state index contributed by atoms with van der Waals surface area (Å²) < 4.78 is 74.3. The summed E-state index contributed by atoms with van der Waals surface area (Å²) in [6.45, 7) is -0.713. The predicted molar refractivity (Wildman–Crippen MR) is 337 cm³/mol. The van der Waals surface area contributed by atoms with Crippen molar-refractivity contribution in [3.05, 3.63) is 119 Å². The van der Waals surface area contributed by atoms with Crippen molar-refractivity contribution >= 4 is 101 Å². The molecule has 4 rings (SSSR count). The fourth-order valence-corrected chi connectivity index (χ4v) is 7.58. The summed E-state index contributed by atoms with van der Waals surface area (Å²) >= 11 is 0. The molecule has 0 aliphatic heterocycles. The molecule has 0 saturated heterocycles. The van der Waals surface area contributed by atoms with E-state index in [2.05, 4.69) is 42.5 Å². The number of carbonyl (C=O) groups is 13. The van der Waals surface area contributed by atoms with E-state index in [1.807, 2.05) is 0 Å². The van der Waals surface area contributed by atoms with Crippen LogP contribution in [0.4, 0.5) is 34.1 Å². The van der Waals surface area contributed by atoms with Gasteiger partial charge in [0, 0.05) is 24.5 Å². The van der Waals surface area contributed by atoms with Gasteiger partial charge in [-0.25, -0.2) is 24.0 Å². The summed E-state index contributed by atoms with van der Waals surface area (Å²) in [6.07, 6.45) is -11.3. The van der Waals surface area contributed by atoms with E-state index >= 15 is 0 Å². The average Bonchev–Trinajstić information content (AvgIpc) is 0.889. The van der Waals surface area contributed by atoms with Gasteiger partial charge in [-0.2, -0.15) is 13.2 Å². The molecule has 0 aromatic heterocycles. The molecule has 0 spiro atoms. The van der Waals surface area contributed by atoms with Gasteiger partial charge in [-0.05, 0) is 83.9 Å². The molecule has 38 nitrogen and oxygen atoms in total. The lowest BCUT2D eigenvalue weighted by Crippen LogP contribution is -2.55. The Hall–Kier alpha value is -12.2. The second-order valence-electron chi connectivity index (χ2n) is 20.2. The molecule has 0 radical (unpaired) electrons. The van der Waals surface area contributed by atoms with Crippen LogP contribution in [-0.2, 0) is 84.8 Å². The minimum Gasteiger partial charge on any atom is -0.481 e. The van der Waals surface area contributed by atoms with Crippen LogP contribution in [0, 0.1) is 10.8 Å². The van der Waals surface area contributed by atoms with Crippen LogP contribution in [0.3, 0.4) is 0 Å². The number of carbonyl (C=O) groups excluding carboxylic acids is 8. The number of benzene rings is 4. The van der Waals surface area contributed by atoms with Gasteiger partial charge >= 0.3 is 60.1 Å². The maximum absolute atomic E-state index is 13.1. The molecule has 0 saturated carbocycles. The number of aliphatic carboxylic acids is 5. The molecule has 4 atom stereocenters. The second kappa shape index (κ2) is 43.8. The Labute approximate surface area is 569 Å². The number of guanidine groups is 2. The smallest absolute Gasteiger partial charge is 0.481 e. The number of anilines is 2. The van der Waals surface area contributed by atoms with Crippen molar-refractivity contribution in [2.45, 2.75) is 69.2 Å². The number of nitrogens with one attached hydrogen (secondary N) is 10. The number of esters is 2. The summed E-state index contributed by atoms with van der Waals surface area (Å²) in [5, 5.41) is 77.7. The van der Waals surface area contributed by atoms with Gasteiger partial charge in [0.15, 0.2) is 11.9 Å². The Kier molecular flexibility index (Phi) is 36.0. The van der Waals surface area contributed by atoms with Gasteiger partial charge in [0.25, 0.3) is 0 Å². The highest BCUT2D eigenvalue weighted by Gasteiger charge is 2.38. The number of halogens is 3. The number of hydrogen-bond acceptors (Lipinski definition) is 23. The topological polar surface area (TPSA) is 593 Å². The van der Waals surface area contributed by atoms with Gasteiger partial charge in [-0.1, -0.05) is 24.3 Å². The zero-order chi connectivity index (χ0) is 75.0. The zero-order valence-electron chi connectivity index (χ0n) is 53.0. The number of amides is 6. The molecule has 0 heterocycles. The van der Waals surface area contributed by atoms with Gasteiger partial charge in [0.05, 0.1) is 89.7 Å². The lowest BCUT2D eigenvalue weighted by molar-refractivity contribution is -0.192. The number of carboxylic acid groups (broad SMARTS) is 5. The van der Waals surface area contributed by atoms with Crippen molar-refractivity contribution < 1.29 is 139 Å². The van der Waals surface area contributed by atoms with Crippen LogP contribution in [0.25, 0.3) is 0 Å². The highest BCUT2D eigenvalue weighted by atomic mass is 19.4. The minimum atomic E-state index is -5.08. The third-order valence-electron chi connectivity index (χ3n) is 12.3. The lowest BCUT2D eigenvalue weighted by Gasteiger charge is -2.21. The van der Waals surface area contributed by atoms with Gasteiger partial charge in [-0.15, -0.1) is 0 Å². The molecule has 0 aliphatic rings. The van der Waals surface area contributed by atoms with Gasteiger partial charge in [0.1, 0.15) is 48.9 Å². The first kappa shape index (κ1) is 83.0. The first-order valence-electron chi connectivity index (χ1n) is 29.3. The van der Waals surface area contributed by atoms with Crippen LogP contribution in [0.1, 0.15) is 57.5 Å². The zero-order valence-corrected chi connectivity index (χ0v) is 53.0. The molecule has 0 fully saturated rings. The fourth-order valence-electron chi connectivity index (χ4n) is 7.58. The summed E-state index contributed by atoms with van der Waals surface area (Å²) in [7, 11) is 0. The van der Waals surface area contributed by atoms with Crippen LogP contribution in [0.5, 0.6) is 11.5 Å². The number of alkyl halides is 3. The van der Waals surface area contributed by atoms with Crippen LogP contribution in [0.15, 0.2) is 97.1 Å². The van der Waals surface area contributed by atoms with Crippen LogP contribution in [0.2, 0.25) is 0 Å². The van der Waals surface area contributed by atoms with Crippen molar-refractivity contribution in [1.82, 2.24) is 31.9 Å². The van der Waals surface area contributed by atoms with Gasteiger partial charge in [-0.3, -0.25) is 49.2 Å². The maximum Gasteiger partial charge on any atom is 0.490 e. The molecule has 101 heavy (non-hydrogen) atoms. The van der Waals surface area contributed by atoms with Crippen LogP contribution >= 0.6 is 0 Å². The summed E-state index contributed by atoms with van der Waals surface area (Å²) in [4.78, 5) is 158. The highest BCUT2D eigenvalue weighted by molar-refractivity contribution is 5.97. The Balaban J connectivity index is 0.00000358. The number of rotatable bonds is 41. The normalized spacial score (nSPS) is 11.8. The molecular weight excluding hydrogens is 1360 g/mol. The molecule has 19 N–H and O–H groups in total. The van der Waals surface area contributed by atoms with Crippen LogP contribution < -0.4 is 63.5 Å². The molecule has 41 heteroatoms. The molecule has 4 aromatic carbocycles. The minimum absolute atomic E-state index is 0.0500. The molecule has 0 unspecified atom stereocenters.